The molecule has 0 bridgehead atoms. The summed E-state index contributed by atoms with van der Waals surface area (Å²) in [5.74, 6) is -0.782. The molecule has 164 valence electrons. The first kappa shape index (κ1) is 24.1. The number of benzene rings is 2. The third kappa shape index (κ3) is 6.38. The molecule has 2 rings (SSSR count). The third-order valence-electron chi connectivity index (χ3n) is 4.58. The zero-order valence-electron chi connectivity index (χ0n) is 17.8. The molecule has 2 amide bonds. The van der Waals surface area contributed by atoms with E-state index in [1.807, 2.05) is 6.92 Å². The lowest BCUT2D eigenvalue weighted by atomic mass is 10.1. The molecule has 0 aliphatic carbocycles. The minimum absolute atomic E-state index is 0.00454. The van der Waals surface area contributed by atoms with Crippen LogP contribution in [-0.4, -0.2) is 56.6 Å². The zero-order chi connectivity index (χ0) is 23.0. The highest BCUT2D eigenvalue weighted by Crippen LogP contribution is 2.15. The van der Waals surface area contributed by atoms with Crippen LogP contribution in [0.2, 0.25) is 0 Å². The second-order valence-corrected chi connectivity index (χ2v) is 9.27. The van der Waals surface area contributed by atoms with Gasteiger partial charge in [0.05, 0.1) is 23.1 Å². The van der Waals surface area contributed by atoms with Crippen LogP contribution in [0.3, 0.4) is 0 Å². The Hall–Kier alpha value is -3.22. The third-order valence-corrected chi connectivity index (χ3v) is 6.39. The smallest absolute Gasteiger partial charge is 0.251 e. The van der Waals surface area contributed by atoms with Crippen molar-refractivity contribution in [3.8, 4) is 6.07 Å². The van der Waals surface area contributed by atoms with Crippen LogP contribution in [0.1, 0.15) is 34.8 Å². The molecule has 0 atom stereocenters. The van der Waals surface area contributed by atoms with Crippen LogP contribution in [0, 0.1) is 11.3 Å². The average molecular weight is 443 g/mol. The standard InChI is InChI=1S/C22H26N4O4S/c1-4-12-26(16-18-10-8-17(14-23)9-11-18)21(27)15-24-22(28)19-6-5-7-20(13-19)31(29,30)25(2)3/h5-11,13H,4,12,15-16H2,1-3H3,(H,24,28). The molecule has 0 aliphatic heterocycles. The molecular weight excluding hydrogens is 416 g/mol. The first-order valence-corrected chi connectivity index (χ1v) is 11.2. The van der Waals surface area contributed by atoms with E-state index in [9.17, 15) is 18.0 Å². The highest BCUT2D eigenvalue weighted by Gasteiger charge is 2.20. The fraction of sp³-hybridized carbons (Fsp3) is 0.318. The second kappa shape index (κ2) is 10.7. The van der Waals surface area contributed by atoms with E-state index in [0.29, 0.717) is 18.7 Å². The molecule has 0 saturated heterocycles. The molecule has 2 aromatic rings. The number of carbonyl (C=O) groups excluding carboxylic acids is 2. The van der Waals surface area contributed by atoms with Gasteiger partial charge in [0, 0.05) is 32.7 Å². The average Bonchev–Trinajstić information content (AvgIpc) is 2.77. The number of nitrogens with zero attached hydrogens (tertiary/aromatic N) is 3. The normalized spacial score (nSPS) is 11.1. The number of hydrogen-bond donors (Lipinski definition) is 1. The van der Waals surface area contributed by atoms with Crippen LogP contribution in [-0.2, 0) is 21.4 Å². The van der Waals surface area contributed by atoms with Gasteiger partial charge in [0.2, 0.25) is 15.9 Å². The van der Waals surface area contributed by atoms with Crippen molar-refractivity contribution in [2.24, 2.45) is 0 Å². The van der Waals surface area contributed by atoms with Crippen molar-refractivity contribution in [1.29, 1.82) is 5.26 Å². The van der Waals surface area contributed by atoms with Crippen LogP contribution >= 0.6 is 0 Å². The molecule has 1 N–H and O–H groups in total. The van der Waals surface area contributed by atoms with Crippen LogP contribution in [0.25, 0.3) is 0 Å². The topological polar surface area (TPSA) is 111 Å². The van der Waals surface area contributed by atoms with Crippen molar-refractivity contribution in [2.75, 3.05) is 27.2 Å². The van der Waals surface area contributed by atoms with Crippen LogP contribution in [0.4, 0.5) is 0 Å². The van der Waals surface area contributed by atoms with Crippen LogP contribution in [0.15, 0.2) is 53.4 Å². The molecule has 31 heavy (non-hydrogen) atoms. The van der Waals surface area contributed by atoms with Crippen molar-refractivity contribution >= 4 is 21.8 Å². The number of rotatable bonds is 9. The van der Waals surface area contributed by atoms with Gasteiger partial charge in [-0.2, -0.15) is 5.26 Å². The molecular formula is C22H26N4O4S. The van der Waals surface area contributed by atoms with Crippen molar-refractivity contribution < 1.29 is 18.0 Å². The summed E-state index contributed by atoms with van der Waals surface area (Å²) in [6.45, 7) is 2.63. The van der Waals surface area contributed by atoms with Gasteiger partial charge < -0.3 is 10.2 Å². The highest BCUT2D eigenvalue weighted by atomic mass is 32.2. The lowest BCUT2D eigenvalue weighted by Gasteiger charge is -2.22. The zero-order valence-corrected chi connectivity index (χ0v) is 18.6. The van der Waals surface area contributed by atoms with Gasteiger partial charge in [-0.15, -0.1) is 0 Å². The Morgan fingerprint density at radius 2 is 1.77 bits per heavy atom. The summed E-state index contributed by atoms with van der Waals surface area (Å²) >= 11 is 0. The highest BCUT2D eigenvalue weighted by molar-refractivity contribution is 7.89. The molecule has 0 fully saturated rings. The lowest BCUT2D eigenvalue weighted by Crippen LogP contribution is -2.40. The lowest BCUT2D eigenvalue weighted by molar-refractivity contribution is -0.130. The van der Waals surface area contributed by atoms with E-state index in [1.54, 1.807) is 29.2 Å². The minimum atomic E-state index is -3.67. The van der Waals surface area contributed by atoms with Gasteiger partial charge in [-0.1, -0.05) is 25.1 Å². The van der Waals surface area contributed by atoms with Crippen LogP contribution in [0.5, 0.6) is 0 Å². The van der Waals surface area contributed by atoms with E-state index in [0.717, 1.165) is 16.3 Å². The Kier molecular flexibility index (Phi) is 8.30. The van der Waals surface area contributed by atoms with Crippen molar-refractivity contribution in [2.45, 2.75) is 24.8 Å². The Morgan fingerprint density at radius 1 is 1.10 bits per heavy atom. The summed E-state index contributed by atoms with van der Waals surface area (Å²) in [6.07, 6.45) is 0.750. The van der Waals surface area contributed by atoms with Crippen LogP contribution < -0.4 is 5.32 Å². The first-order chi connectivity index (χ1) is 14.7. The predicted molar refractivity (Wildman–Crippen MR) is 117 cm³/mol. The van der Waals surface area contributed by atoms with Gasteiger partial charge in [-0.25, -0.2) is 12.7 Å². The molecule has 0 radical (unpaired) electrons. The summed E-state index contributed by atoms with van der Waals surface area (Å²) in [4.78, 5) is 26.8. The maximum atomic E-state index is 12.7. The van der Waals surface area contributed by atoms with Gasteiger partial charge in [-0.3, -0.25) is 9.59 Å². The second-order valence-electron chi connectivity index (χ2n) is 7.12. The van der Waals surface area contributed by atoms with E-state index >= 15 is 0 Å². The number of hydrogen-bond acceptors (Lipinski definition) is 5. The summed E-state index contributed by atoms with van der Waals surface area (Å²) < 4.78 is 25.6. The van der Waals surface area contributed by atoms with Crippen molar-refractivity contribution in [1.82, 2.24) is 14.5 Å². The van der Waals surface area contributed by atoms with E-state index in [4.69, 9.17) is 5.26 Å². The number of sulfonamides is 1. The maximum Gasteiger partial charge on any atom is 0.251 e. The maximum absolute atomic E-state index is 12.7. The van der Waals surface area contributed by atoms with Gasteiger partial charge in [0.25, 0.3) is 5.91 Å². The number of nitriles is 1. The summed E-state index contributed by atoms with van der Waals surface area (Å²) in [5.41, 5.74) is 1.58. The fourth-order valence-electron chi connectivity index (χ4n) is 2.85. The summed E-state index contributed by atoms with van der Waals surface area (Å²) in [6, 6.07) is 14.7. The van der Waals surface area contributed by atoms with Crippen molar-refractivity contribution in [3.63, 3.8) is 0 Å². The number of carbonyl (C=O) groups is 2. The Balaban J connectivity index is 2.05. The molecule has 0 heterocycles. The molecule has 0 unspecified atom stereocenters. The van der Waals surface area contributed by atoms with Gasteiger partial charge in [-0.05, 0) is 42.3 Å². The number of nitrogens with one attached hydrogen (secondary N) is 1. The summed E-state index contributed by atoms with van der Waals surface area (Å²) in [5, 5.41) is 11.5. The van der Waals surface area contributed by atoms with Gasteiger partial charge in [0.1, 0.15) is 0 Å². The fourth-order valence-corrected chi connectivity index (χ4v) is 3.79. The Morgan fingerprint density at radius 3 is 2.35 bits per heavy atom. The van der Waals surface area contributed by atoms with E-state index in [1.165, 1.54) is 38.4 Å². The van der Waals surface area contributed by atoms with Crippen molar-refractivity contribution in [3.05, 3.63) is 65.2 Å². The molecule has 0 aromatic heterocycles. The molecule has 8 nitrogen and oxygen atoms in total. The monoisotopic (exact) mass is 442 g/mol. The van der Waals surface area contributed by atoms with Gasteiger partial charge in [0.15, 0.2) is 0 Å². The Labute approximate surface area is 183 Å². The molecule has 0 saturated carbocycles. The van der Waals surface area contributed by atoms with E-state index in [-0.39, 0.29) is 22.9 Å². The van der Waals surface area contributed by atoms with Gasteiger partial charge >= 0.3 is 0 Å². The van der Waals surface area contributed by atoms with E-state index in [2.05, 4.69) is 11.4 Å². The molecule has 9 heteroatoms. The largest absolute Gasteiger partial charge is 0.343 e. The molecule has 0 aliphatic rings. The molecule has 0 spiro atoms. The van der Waals surface area contributed by atoms with E-state index < -0.39 is 15.9 Å². The first-order valence-electron chi connectivity index (χ1n) is 9.76. The predicted octanol–water partition coefficient (Wildman–Crippen LogP) is 1.98. The summed E-state index contributed by atoms with van der Waals surface area (Å²) in [7, 11) is -0.839. The molecule has 2 aromatic carbocycles. The quantitative estimate of drug-likeness (QED) is 0.638. The Bertz CT molecular complexity index is 1070. The minimum Gasteiger partial charge on any atom is -0.343 e. The number of amides is 2. The SMILES string of the molecule is CCCN(Cc1ccc(C#N)cc1)C(=O)CNC(=O)c1cccc(S(=O)(=O)N(C)C)c1.